The Morgan fingerprint density at radius 2 is 1.76 bits per heavy atom. The highest BCUT2D eigenvalue weighted by Gasteiger charge is 2.32. The van der Waals surface area contributed by atoms with Gasteiger partial charge in [-0.1, -0.05) is 13.8 Å². The van der Waals surface area contributed by atoms with Gasteiger partial charge in [-0.2, -0.15) is 0 Å². The van der Waals surface area contributed by atoms with Crippen LogP contribution in [0, 0.1) is 5.41 Å². The molecule has 0 spiro atoms. The first kappa shape index (κ1) is 17.2. The summed E-state index contributed by atoms with van der Waals surface area (Å²) in [7, 11) is 0. The molecule has 0 bridgehead atoms. The highest BCUT2D eigenvalue weighted by atomic mass is 15.3. The summed E-state index contributed by atoms with van der Waals surface area (Å²) in [5.74, 6) is 0. The first-order valence-corrected chi connectivity index (χ1v) is 9.03. The number of hydrogen-bond donors (Lipinski definition) is 1. The Kier molecular flexibility index (Phi) is 5.72. The predicted octanol–water partition coefficient (Wildman–Crippen LogP) is 2.96. The maximum Gasteiger partial charge on any atom is 0.0223 e. The van der Waals surface area contributed by atoms with Gasteiger partial charge in [-0.25, -0.2) is 0 Å². The van der Waals surface area contributed by atoms with Gasteiger partial charge in [-0.3, -0.25) is 4.90 Å². The van der Waals surface area contributed by atoms with Crippen molar-refractivity contribution >= 4 is 0 Å². The molecule has 2 saturated heterocycles. The summed E-state index contributed by atoms with van der Waals surface area (Å²) in [6, 6.07) is 0.837. The summed E-state index contributed by atoms with van der Waals surface area (Å²) >= 11 is 0. The Labute approximate surface area is 132 Å². The average molecular weight is 296 g/mol. The van der Waals surface area contributed by atoms with Crippen molar-refractivity contribution in [3.63, 3.8) is 0 Å². The molecule has 2 heterocycles. The largest absolute Gasteiger partial charge is 0.311 e. The lowest BCUT2D eigenvalue weighted by Crippen LogP contribution is -2.48. The minimum absolute atomic E-state index is 0.220. The van der Waals surface area contributed by atoms with Crippen molar-refractivity contribution in [3.8, 4) is 0 Å². The van der Waals surface area contributed by atoms with E-state index in [2.05, 4.69) is 49.7 Å². The molecule has 2 aliphatic rings. The molecule has 2 unspecified atom stereocenters. The highest BCUT2D eigenvalue weighted by Crippen LogP contribution is 2.26. The standard InChI is InChI=1S/C18H37N3/c1-6-18(5,14-19-17(2,3)4)15-20-10-8-12-21-11-7-9-16(21)13-20/h16,19H,6-15H2,1-5H3. The summed E-state index contributed by atoms with van der Waals surface area (Å²) in [6.07, 6.45) is 5.43. The Morgan fingerprint density at radius 3 is 2.43 bits per heavy atom. The van der Waals surface area contributed by atoms with Crippen molar-refractivity contribution in [1.29, 1.82) is 0 Å². The lowest BCUT2D eigenvalue weighted by atomic mass is 9.85. The van der Waals surface area contributed by atoms with Gasteiger partial charge in [0, 0.05) is 31.2 Å². The van der Waals surface area contributed by atoms with E-state index < -0.39 is 0 Å². The third kappa shape index (κ3) is 5.22. The molecule has 0 aromatic rings. The molecule has 21 heavy (non-hydrogen) atoms. The van der Waals surface area contributed by atoms with Crippen LogP contribution in [0.1, 0.15) is 60.3 Å². The van der Waals surface area contributed by atoms with Crippen LogP contribution in [0.15, 0.2) is 0 Å². The molecule has 0 radical (unpaired) electrons. The van der Waals surface area contributed by atoms with Gasteiger partial charge in [0.15, 0.2) is 0 Å². The van der Waals surface area contributed by atoms with Gasteiger partial charge in [0.25, 0.3) is 0 Å². The summed E-state index contributed by atoms with van der Waals surface area (Å²) in [5.41, 5.74) is 0.610. The molecule has 0 aliphatic carbocycles. The van der Waals surface area contributed by atoms with Crippen LogP contribution < -0.4 is 5.32 Å². The molecule has 0 aromatic carbocycles. The van der Waals surface area contributed by atoms with Gasteiger partial charge in [0.05, 0.1) is 0 Å². The molecule has 1 N–H and O–H groups in total. The Morgan fingerprint density at radius 1 is 1.05 bits per heavy atom. The molecule has 2 aliphatic heterocycles. The fourth-order valence-corrected chi connectivity index (χ4v) is 3.74. The number of nitrogens with zero attached hydrogens (tertiary/aromatic N) is 2. The van der Waals surface area contributed by atoms with Crippen molar-refractivity contribution in [2.45, 2.75) is 71.9 Å². The highest BCUT2D eigenvalue weighted by molar-refractivity contribution is 4.89. The zero-order chi connectivity index (χ0) is 15.5. The van der Waals surface area contributed by atoms with Gasteiger partial charge >= 0.3 is 0 Å². The van der Waals surface area contributed by atoms with Crippen molar-refractivity contribution in [2.24, 2.45) is 5.41 Å². The first-order valence-electron chi connectivity index (χ1n) is 9.03. The van der Waals surface area contributed by atoms with Crippen LogP contribution in [0.25, 0.3) is 0 Å². The van der Waals surface area contributed by atoms with E-state index in [1.807, 2.05) is 0 Å². The van der Waals surface area contributed by atoms with Gasteiger partial charge in [-0.15, -0.1) is 0 Å². The van der Waals surface area contributed by atoms with Crippen molar-refractivity contribution in [2.75, 3.05) is 39.3 Å². The molecular weight excluding hydrogens is 258 g/mol. The van der Waals surface area contributed by atoms with E-state index in [0.29, 0.717) is 5.41 Å². The van der Waals surface area contributed by atoms with Gasteiger partial charge in [-0.05, 0) is 71.5 Å². The Hall–Kier alpha value is -0.120. The fourth-order valence-electron chi connectivity index (χ4n) is 3.74. The molecule has 3 nitrogen and oxygen atoms in total. The van der Waals surface area contributed by atoms with Crippen LogP contribution in [0.5, 0.6) is 0 Å². The van der Waals surface area contributed by atoms with Crippen molar-refractivity contribution in [3.05, 3.63) is 0 Å². The number of fused-ring (bicyclic) bond motifs is 1. The molecule has 2 atom stereocenters. The van der Waals surface area contributed by atoms with E-state index in [9.17, 15) is 0 Å². The second kappa shape index (κ2) is 6.97. The third-order valence-corrected chi connectivity index (χ3v) is 5.39. The minimum Gasteiger partial charge on any atom is -0.311 e. The van der Waals surface area contributed by atoms with E-state index in [1.54, 1.807) is 0 Å². The van der Waals surface area contributed by atoms with E-state index in [0.717, 1.165) is 12.6 Å². The molecule has 2 fully saturated rings. The normalized spacial score (nSPS) is 28.1. The molecule has 0 amide bonds. The summed E-state index contributed by atoms with van der Waals surface area (Å²) < 4.78 is 0. The predicted molar refractivity (Wildman–Crippen MR) is 91.8 cm³/mol. The molecule has 3 heteroatoms. The van der Waals surface area contributed by atoms with E-state index >= 15 is 0 Å². The lowest BCUT2D eigenvalue weighted by molar-refractivity contribution is 0.136. The van der Waals surface area contributed by atoms with E-state index in [4.69, 9.17) is 0 Å². The van der Waals surface area contributed by atoms with Crippen molar-refractivity contribution < 1.29 is 0 Å². The summed E-state index contributed by atoms with van der Waals surface area (Å²) in [5, 5.41) is 3.73. The molecule has 0 saturated carbocycles. The second-order valence-electron chi connectivity index (χ2n) is 8.69. The van der Waals surface area contributed by atoms with Crippen LogP contribution in [-0.4, -0.2) is 60.6 Å². The molecular formula is C18H37N3. The second-order valence-corrected chi connectivity index (χ2v) is 8.69. The van der Waals surface area contributed by atoms with Crippen LogP contribution >= 0.6 is 0 Å². The third-order valence-electron chi connectivity index (χ3n) is 5.39. The Bertz CT molecular complexity index is 323. The minimum atomic E-state index is 0.220. The smallest absolute Gasteiger partial charge is 0.0223 e. The Balaban J connectivity index is 1.90. The number of hydrogen-bond acceptors (Lipinski definition) is 3. The quantitative estimate of drug-likeness (QED) is 0.841. The van der Waals surface area contributed by atoms with Gasteiger partial charge in [0.2, 0.25) is 0 Å². The van der Waals surface area contributed by atoms with Crippen LogP contribution in [0.2, 0.25) is 0 Å². The fraction of sp³-hybridized carbons (Fsp3) is 1.00. The van der Waals surface area contributed by atoms with Gasteiger partial charge in [0.1, 0.15) is 0 Å². The van der Waals surface area contributed by atoms with Crippen LogP contribution in [0.4, 0.5) is 0 Å². The zero-order valence-electron chi connectivity index (χ0n) is 15.0. The average Bonchev–Trinajstić information content (AvgIpc) is 2.75. The molecule has 0 aromatic heterocycles. The first-order chi connectivity index (χ1) is 9.81. The SMILES string of the molecule is CCC(C)(CNC(C)(C)C)CN1CCCN2CCCC2C1. The zero-order valence-corrected chi connectivity index (χ0v) is 15.0. The van der Waals surface area contributed by atoms with Gasteiger partial charge < -0.3 is 10.2 Å². The topological polar surface area (TPSA) is 18.5 Å². The van der Waals surface area contributed by atoms with Crippen LogP contribution in [-0.2, 0) is 0 Å². The van der Waals surface area contributed by atoms with E-state index in [-0.39, 0.29) is 5.54 Å². The van der Waals surface area contributed by atoms with Crippen molar-refractivity contribution in [1.82, 2.24) is 15.1 Å². The number of nitrogens with one attached hydrogen (secondary N) is 1. The number of rotatable bonds is 5. The van der Waals surface area contributed by atoms with Crippen LogP contribution in [0.3, 0.4) is 0 Å². The molecule has 124 valence electrons. The molecule has 2 rings (SSSR count). The summed E-state index contributed by atoms with van der Waals surface area (Å²) in [4.78, 5) is 5.49. The lowest BCUT2D eigenvalue weighted by Gasteiger charge is -2.38. The summed E-state index contributed by atoms with van der Waals surface area (Å²) in [6.45, 7) is 19.2. The monoisotopic (exact) mass is 295 g/mol. The maximum atomic E-state index is 3.73. The van der Waals surface area contributed by atoms with E-state index in [1.165, 1.54) is 58.4 Å². The maximum absolute atomic E-state index is 3.73.